The van der Waals surface area contributed by atoms with Gasteiger partial charge in [0.1, 0.15) is 12.4 Å². The molecule has 1 fully saturated rings. The van der Waals surface area contributed by atoms with Crippen molar-refractivity contribution in [1.29, 1.82) is 0 Å². The van der Waals surface area contributed by atoms with Gasteiger partial charge in [0.2, 0.25) is 0 Å². The normalized spacial score (nSPS) is 14.2. The van der Waals surface area contributed by atoms with Crippen LogP contribution in [0.25, 0.3) is 5.52 Å². The molecule has 2 aromatic carbocycles. The summed E-state index contributed by atoms with van der Waals surface area (Å²) < 4.78 is 7.89. The van der Waals surface area contributed by atoms with Crippen LogP contribution >= 0.6 is 0 Å². The lowest BCUT2D eigenvalue weighted by Crippen LogP contribution is -2.46. The van der Waals surface area contributed by atoms with Gasteiger partial charge in [0.15, 0.2) is 5.69 Å². The lowest BCUT2D eigenvalue weighted by molar-refractivity contribution is 0.0947. The van der Waals surface area contributed by atoms with Gasteiger partial charge in [0, 0.05) is 38.9 Å². The second kappa shape index (κ2) is 11.7. The lowest BCUT2D eigenvalue weighted by Gasteiger charge is -2.36. The SMILES string of the molecule is O=C(NCCCCN1CCN(c2ccccc2OCc2ccccc2)CC1)c1cc2ccccn2n1. The van der Waals surface area contributed by atoms with E-state index >= 15 is 0 Å². The highest BCUT2D eigenvalue weighted by Gasteiger charge is 2.19. The number of anilines is 1. The van der Waals surface area contributed by atoms with E-state index in [9.17, 15) is 4.79 Å². The number of piperazine rings is 1. The Morgan fingerprint density at radius 2 is 1.67 bits per heavy atom. The number of nitrogens with zero attached hydrogens (tertiary/aromatic N) is 4. The van der Waals surface area contributed by atoms with Crippen LogP contribution in [0.2, 0.25) is 0 Å². The Morgan fingerprint density at radius 1 is 0.889 bits per heavy atom. The van der Waals surface area contributed by atoms with Gasteiger partial charge in [-0.2, -0.15) is 5.10 Å². The molecule has 7 heteroatoms. The van der Waals surface area contributed by atoms with Crippen LogP contribution < -0.4 is 15.0 Å². The summed E-state index contributed by atoms with van der Waals surface area (Å²) in [5.41, 5.74) is 3.73. The molecule has 4 aromatic rings. The molecule has 36 heavy (non-hydrogen) atoms. The van der Waals surface area contributed by atoms with E-state index < -0.39 is 0 Å². The van der Waals surface area contributed by atoms with Crippen LogP contribution in [0, 0.1) is 0 Å². The van der Waals surface area contributed by atoms with Crippen molar-refractivity contribution >= 4 is 17.1 Å². The third-order valence-corrected chi connectivity index (χ3v) is 6.60. The number of benzene rings is 2. The molecular formula is C29H33N5O2. The number of amides is 1. The van der Waals surface area contributed by atoms with Crippen LogP contribution in [0.15, 0.2) is 85.1 Å². The van der Waals surface area contributed by atoms with Gasteiger partial charge in [-0.15, -0.1) is 0 Å². The molecule has 1 saturated heterocycles. The Bertz CT molecular complexity index is 1230. The molecule has 0 bridgehead atoms. The van der Waals surface area contributed by atoms with Gasteiger partial charge < -0.3 is 15.0 Å². The minimum atomic E-state index is -0.111. The highest BCUT2D eigenvalue weighted by Crippen LogP contribution is 2.29. The molecule has 0 radical (unpaired) electrons. The van der Waals surface area contributed by atoms with Crippen LogP contribution in [-0.2, 0) is 6.61 Å². The summed E-state index contributed by atoms with van der Waals surface area (Å²) in [7, 11) is 0. The summed E-state index contributed by atoms with van der Waals surface area (Å²) in [6.07, 6.45) is 3.86. The first-order valence-corrected chi connectivity index (χ1v) is 12.7. The van der Waals surface area contributed by atoms with E-state index in [0.717, 1.165) is 56.8 Å². The minimum absolute atomic E-state index is 0.111. The molecular weight excluding hydrogens is 450 g/mol. The number of unbranched alkanes of at least 4 members (excludes halogenated alkanes) is 1. The molecule has 0 unspecified atom stereocenters. The minimum Gasteiger partial charge on any atom is -0.487 e. The van der Waals surface area contributed by atoms with Gasteiger partial charge in [-0.1, -0.05) is 48.5 Å². The molecule has 1 aliphatic rings. The Hall–Kier alpha value is -3.84. The molecule has 5 rings (SSSR count). The highest BCUT2D eigenvalue weighted by atomic mass is 16.5. The topological polar surface area (TPSA) is 62.1 Å². The van der Waals surface area contributed by atoms with E-state index in [2.05, 4.69) is 50.5 Å². The maximum absolute atomic E-state index is 12.4. The molecule has 0 aliphatic carbocycles. The number of para-hydroxylation sites is 2. The Morgan fingerprint density at radius 3 is 2.50 bits per heavy atom. The zero-order chi connectivity index (χ0) is 24.6. The zero-order valence-electron chi connectivity index (χ0n) is 20.6. The second-order valence-electron chi connectivity index (χ2n) is 9.13. The summed E-state index contributed by atoms with van der Waals surface area (Å²) in [5.74, 6) is 0.830. The Balaban J connectivity index is 1.02. The fourth-order valence-corrected chi connectivity index (χ4v) is 4.59. The van der Waals surface area contributed by atoms with E-state index in [4.69, 9.17) is 4.74 Å². The third kappa shape index (κ3) is 6.04. The van der Waals surface area contributed by atoms with Gasteiger partial charge in [-0.25, -0.2) is 4.52 Å². The standard InChI is InChI=1S/C29H33N5O2/c35-29(26-22-25-12-6-8-17-34(25)31-26)30-15-7-9-16-32-18-20-33(21-19-32)27-13-4-5-14-28(27)36-23-24-10-2-1-3-11-24/h1-6,8,10-14,17,22H,7,9,15-16,18-21,23H2,(H,30,35). The van der Waals surface area contributed by atoms with Gasteiger partial charge in [0.25, 0.3) is 5.91 Å². The van der Waals surface area contributed by atoms with Crippen LogP contribution in [0.3, 0.4) is 0 Å². The number of rotatable bonds is 10. The number of carbonyl (C=O) groups is 1. The average molecular weight is 484 g/mol. The number of carbonyl (C=O) groups excluding carboxylic acids is 1. The van der Waals surface area contributed by atoms with Crippen molar-refractivity contribution in [2.45, 2.75) is 19.4 Å². The fourth-order valence-electron chi connectivity index (χ4n) is 4.59. The Kier molecular flexibility index (Phi) is 7.78. The number of nitrogens with one attached hydrogen (secondary N) is 1. The Labute approximate surface area is 212 Å². The van der Waals surface area contributed by atoms with Crippen molar-refractivity contribution in [2.75, 3.05) is 44.2 Å². The molecule has 186 valence electrons. The molecule has 7 nitrogen and oxygen atoms in total. The monoisotopic (exact) mass is 483 g/mol. The number of hydrogen-bond acceptors (Lipinski definition) is 5. The molecule has 1 N–H and O–H groups in total. The van der Waals surface area contributed by atoms with Crippen LogP contribution in [0.5, 0.6) is 5.75 Å². The van der Waals surface area contributed by atoms with Crippen molar-refractivity contribution in [1.82, 2.24) is 19.8 Å². The van der Waals surface area contributed by atoms with Gasteiger partial charge >= 0.3 is 0 Å². The van der Waals surface area contributed by atoms with E-state index in [1.807, 2.05) is 54.7 Å². The third-order valence-electron chi connectivity index (χ3n) is 6.60. The van der Waals surface area contributed by atoms with Crippen LogP contribution in [-0.4, -0.2) is 59.7 Å². The van der Waals surface area contributed by atoms with Crippen molar-refractivity contribution in [3.05, 3.63) is 96.3 Å². The summed E-state index contributed by atoms with van der Waals surface area (Å²) in [5, 5.41) is 7.33. The van der Waals surface area contributed by atoms with E-state index in [1.165, 1.54) is 11.3 Å². The molecule has 0 atom stereocenters. The molecule has 1 aliphatic heterocycles. The summed E-state index contributed by atoms with van der Waals surface area (Å²) in [6, 6.07) is 26.2. The average Bonchev–Trinajstić information content (AvgIpc) is 3.37. The fraction of sp³-hybridized carbons (Fsp3) is 0.310. The maximum Gasteiger partial charge on any atom is 0.271 e. The van der Waals surface area contributed by atoms with Crippen molar-refractivity contribution in [3.8, 4) is 5.75 Å². The zero-order valence-corrected chi connectivity index (χ0v) is 20.6. The first kappa shape index (κ1) is 23.9. The number of hydrogen-bond donors (Lipinski definition) is 1. The summed E-state index contributed by atoms with van der Waals surface area (Å²) >= 11 is 0. The maximum atomic E-state index is 12.4. The smallest absolute Gasteiger partial charge is 0.271 e. The number of aromatic nitrogens is 2. The number of pyridine rings is 1. The summed E-state index contributed by atoms with van der Waals surface area (Å²) in [4.78, 5) is 17.3. The molecule has 3 heterocycles. The van der Waals surface area contributed by atoms with Crippen LogP contribution in [0.1, 0.15) is 28.9 Å². The van der Waals surface area contributed by atoms with E-state index in [0.29, 0.717) is 18.8 Å². The quantitative estimate of drug-likeness (QED) is 0.342. The highest BCUT2D eigenvalue weighted by molar-refractivity contribution is 5.93. The predicted octanol–water partition coefficient (Wildman–Crippen LogP) is 4.25. The molecule has 1 amide bonds. The van der Waals surface area contributed by atoms with Gasteiger partial charge in [0.05, 0.1) is 11.2 Å². The molecule has 2 aromatic heterocycles. The van der Waals surface area contributed by atoms with Crippen molar-refractivity contribution in [2.24, 2.45) is 0 Å². The van der Waals surface area contributed by atoms with E-state index in [1.54, 1.807) is 4.52 Å². The number of fused-ring (bicyclic) bond motifs is 1. The van der Waals surface area contributed by atoms with Crippen LogP contribution in [0.4, 0.5) is 5.69 Å². The van der Waals surface area contributed by atoms with Gasteiger partial charge in [-0.3, -0.25) is 9.69 Å². The largest absolute Gasteiger partial charge is 0.487 e. The van der Waals surface area contributed by atoms with Crippen molar-refractivity contribution < 1.29 is 9.53 Å². The first-order valence-electron chi connectivity index (χ1n) is 12.7. The lowest BCUT2D eigenvalue weighted by atomic mass is 10.2. The van der Waals surface area contributed by atoms with Crippen molar-refractivity contribution in [3.63, 3.8) is 0 Å². The van der Waals surface area contributed by atoms with E-state index in [-0.39, 0.29) is 5.91 Å². The van der Waals surface area contributed by atoms with Gasteiger partial charge in [-0.05, 0) is 55.3 Å². The number of ether oxygens (including phenoxy) is 1. The predicted molar refractivity (Wildman–Crippen MR) is 143 cm³/mol. The summed E-state index contributed by atoms with van der Waals surface area (Å²) in [6.45, 7) is 6.31. The second-order valence-corrected chi connectivity index (χ2v) is 9.13. The molecule has 0 spiro atoms. The first-order chi connectivity index (χ1) is 17.8. The molecule has 0 saturated carbocycles.